The summed E-state index contributed by atoms with van der Waals surface area (Å²) in [4.78, 5) is 13.3. The maximum Gasteiger partial charge on any atom is 0.307 e. The number of aliphatic carboxylic acids is 1. The molecule has 0 aromatic heterocycles. The number of carboxylic acids is 1. The standard InChI is InChI=1S/C14H18BrNO2/c15-13-5-1-3-11(9-13)6-8-16-7-2-4-12(10-16)14(17)18/h1,3,5,9,12H,2,4,6-8,10H2,(H,17,18). The molecule has 1 atom stereocenters. The number of carbonyl (C=O) groups is 1. The van der Waals surface area contributed by atoms with Crippen molar-refractivity contribution < 1.29 is 9.90 Å². The fourth-order valence-corrected chi connectivity index (χ4v) is 2.89. The smallest absolute Gasteiger partial charge is 0.307 e. The highest BCUT2D eigenvalue weighted by Crippen LogP contribution is 2.18. The molecule has 0 radical (unpaired) electrons. The van der Waals surface area contributed by atoms with Gasteiger partial charge in [0, 0.05) is 17.6 Å². The van der Waals surface area contributed by atoms with E-state index < -0.39 is 5.97 Å². The van der Waals surface area contributed by atoms with Gasteiger partial charge in [-0.15, -0.1) is 0 Å². The summed E-state index contributed by atoms with van der Waals surface area (Å²) in [6, 6.07) is 8.29. The zero-order valence-corrected chi connectivity index (χ0v) is 11.9. The first-order valence-corrected chi connectivity index (χ1v) is 7.14. The van der Waals surface area contributed by atoms with Crippen LogP contribution in [-0.4, -0.2) is 35.6 Å². The Labute approximate surface area is 116 Å². The van der Waals surface area contributed by atoms with Crippen LogP contribution in [0.1, 0.15) is 18.4 Å². The molecule has 0 spiro atoms. The molecule has 18 heavy (non-hydrogen) atoms. The van der Waals surface area contributed by atoms with Gasteiger partial charge in [0.15, 0.2) is 0 Å². The predicted octanol–water partition coefficient (Wildman–Crippen LogP) is 2.79. The van der Waals surface area contributed by atoms with E-state index in [1.807, 2.05) is 12.1 Å². The van der Waals surface area contributed by atoms with Crippen molar-refractivity contribution >= 4 is 21.9 Å². The topological polar surface area (TPSA) is 40.5 Å². The van der Waals surface area contributed by atoms with E-state index in [0.29, 0.717) is 6.54 Å². The number of halogens is 1. The summed E-state index contributed by atoms with van der Waals surface area (Å²) in [6.07, 6.45) is 2.80. The van der Waals surface area contributed by atoms with Gasteiger partial charge in [0.1, 0.15) is 0 Å². The molecule has 4 heteroatoms. The van der Waals surface area contributed by atoms with E-state index in [1.54, 1.807) is 0 Å². The molecule has 1 saturated heterocycles. The van der Waals surface area contributed by atoms with Gasteiger partial charge in [-0.05, 0) is 43.5 Å². The van der Waals surface area contributed by atoms with Gasteiger partial charge in [-0.25, -0.2) is 0 Å². The second kappa shape index (κ2) is 6.34. The summed E-state index contributed by atoms with van der Waals surface area (Å²) in [5.74, 6) is -0.830. The molecular formula is C14H18BrNO2. The van der Waals surface area contributed by atoms with E-state index in [1.165, 1.54) is 5.56 Å². The van der Waals surface area contributed by atoms with Crippen molar-refractivity contribution in [3.8, 4) is 0 Å². The van der Waals surface area contributed by atoms with E-state index in [9.17, 15) is 4.79 Å². The Kier molecular flexibility index (Phi) is 4.78. The molecule has 0 aliphatic carbocycles. The van der Waals surface area contributed by atoms with Gasteiger partial charge >= 0.3 is 5.97 Å². The second-order valence-corrected chi connectivity index (χ2v) is 5.77. The average molecular weight is 312 g/mol. The van der Waals surface area contributed by atoms with Crippen LogP contribution in [0, 0.1) is 5.92 Å². The normalized spacial score (nSPS) is 20.8. The predicted molar refractivity (Wildman–Crippen MR) is 74.6 cm³/mol. The molecule has 1 aromatic carbocycles. The number of hydrogen-bond donors (Lipinski definition) is 1. The molecule has 1 aliphatic rings. The van der Waals surface area contributed by atoms with Crippen LogP contribution in [0.3, 0.4) is 0 Å². The van der Waals surface area contributed by atoms with Crippen molar-refractivity contribution in [3.05, 3.63) is 34.3 Å². The summed E-state index contributed by atoms with van der Waals surface area (Å²) in [5, 5.41) is 9.04. The van der Waals surface area contributed by atoms with Crippen LogP contribution in [0.4, 0.5) is 0 Å². The van der Waals surface area contributed by atoms with Gasteiger partial charge in [-0.3, -0.25) is 4.79 Å². The molecule has 98 valence electrons. The van der Waals surface area contributed by atoms with Crippen LogP contribution in [0.25, 0.3) is 0 Å². The Morgan fingerprint density at radius 3 is 3.06 bits per heavy atom. The van der Waals surface area contributed by atoms with E-state index >= 15 is 0 Å². The van der Waals surface area contributed by atoms with Crippen molar-refractivity contribution in [2.24, 2.45) is 5.92 Å². The van der Waals surface area contributed by atoms with Crippen LogP contribution in [0.5, 0.6) is 0 Å². The number of benzene rings is 1. The van der Waals surface area contributed by atoms with Gasteiger partial charge in [-0.2, -0.15) is 0 Å². The molecule has 3 nitrogen and oxygen atoms in total. The highest BCUT2D eigenvalue weighted by Gasteiger charge is 2.24. The van der Waals surface area contributed by atoms with Gasteiger partial charge in [0.25, 0.3) is 0 Å². The van der Waals surface area contributed by atoms with Crippen molar-refractivity contribution in [1.82, 2.24) is 4.90 Å². The minimum absolute atomic E-state index is 0.179. The van der Waals surface area contributed by atoms with Gasteiger partial charge in [0.05, 0.1) is 5.92 Å². The lowest BCUT2D eigenvalue weighted by atomic mass is 9.98. The third kappa shape index (κ3) is 3.82. The Hall–Kier alpha value is -0.870. The van der Waals surface area contributed by atoms with E-state index in [0.717, 1.165) is 36.8 Å². The number of rotatable bonds is 4. The van der Waals surface area contributed by atoms with Gasteiger partial charge in [-0.1, -0.05) is 28.1 Å². The number of hydrogen-bond acceptors (Lipinski definition) is 2. The third-order valence-corrected chi connectivity index (χ3v) is 3.95. The lowest BCUT2D eigenvalue weighted by molar-refractivity contribution is -0.143. The van der Waals surface area contributed by atoms with Crippen LogP contribution in [-0.2, 0) is 11.2 Å². The first-order valence-electron chi connectivity index (χ1n) is 6.35. The molecule has 0 bridgehead atoms. The van der Waals surface area contributed by atoms with Gasteiger partial charge < -0.3 is 10.0 Å². The number of carboxylic acid groups (broad SMARTS) is 1. The fourth-order valence-electron chi connectivity index (χ4n) is 2.44. The quantitative estimate of drug-likeness (QED) is 0.929. The largest absolute Gasteiger partial charge is 0.481 e. The van der Waals surface area contributed by atoms with Crippen molar-refractivity contribution in [3.63, 3.8) is 0 Å². The van der Waals surface area contributed by atoms with E-state index in [-0.39, 0.29) is 5.92 Å². The first-order chi connectivity index (χ1) is 8.65. The third-order valence-electron chi connectivity index (χ3n) is 3.46. The molecule has 0 amide bonds. The minimum Gasteiger partial charge on any atom is -0.481 e. The summed E-state index contributed by atoms with van der Waals surface area (Å²) < 4.78 is 1.10. The Bertz CT molecular complexity index is 422. The van der Waals surface area contributed by atoms with Crippen LogP contribution in [0.15, 0.2) is 28.7 Å². The van der Waals surface area contributed by atoms with Crippen LogP contribution < -0.4 is 0 Å². The fraction of sp³-hybridized carbons (Fsp3) is 0.500. The molecule has 1 aliphatic heterocycles. The lowest BCUT2D eigenvalue weighted by Gasteiger charge is -2.30. The highest BCUT2D eigenvalue weighted by atomic mass is 79.9. The second-order valence-electron chi connectivity index (χ2n) is 4.86. The number of nitrogens with zero attached hydrogens (tertiary/aromatic N) is 1. The van der Waals surface area contributed by atoms with E-state index in [2.05, 4.69) is 33.0 Å². The van der Waals surface area contributed by atoms with Crippen molar-refractivity contribution in [2.45, 2.75) is 19.3 Å². The summed E-state index contributed by atoms with van der Waals surface area (Å²) in [5.41, 5.74) is 1.29. The zero-order valence-electron chi connectivity index (χ0n) is 10.3. The molecule has 1 N–H and O–H groups in total. The zero-order chi connectivity index (χ0) is 13.0. The molecule has 1 aromatic rings. The molecule has 1 fully saturated rings. The molecular weight excluding hydrogens is 294 g/mol. The molecule has 1 heterocycles. The number of likely N-dealkylation sites (tertiary alicyclic amines) is 1. The minimum atomic E-state index is -0.651. The van der Waals surface area contributed by atoms with Gasteiger partial charge in [0.2, 0.25) is 0 Å². The highest BCUT2D eigenvalue weighted by molar-refractivity contribution is 9.10. The molecule has 0 saturated carbocycles. The average Bonchev–Trinajstić information content (AvgIpc) is 2.37. The van der Waals surface area contributed by atoms with Crippen LogP contribution >= 0.6 is 15.9 Å². The maximum absolute atomic E-state index is 11.0. The summed E-state index contributed by atoms with van der Waals surface area (Å²) in [7, 11) is 0. The summed E-state index contributed by atoms with van der Waals surface area (Å²) >= 11 is 3.47. The maximum atomic E-state index is 11.0. The Balaban J connectivity index is 1.84. The Morgan fingerprint density at radius 2 is 2.33 bits per heavy atom. The van der Waals surface area contributed by atoms with Crippen molar-refractivity contribution in [2.75, 3.05) is 19.6 Å². The van der Waals surface area contributed by atoms with E-state index in [4.69, 9.17) is 5.11 Å². The van der Waals surface area contributed by atoms with Crippen molar-refractivity contribution in [1.29, 1.82) is 0 Å². The lowest BCUT2D eigenvalue weighted by Crippen LogP contribution is -2.39. The summed E-state index contributed by atoms with van der Waals surface area (Å²) in [6.45, 7) is 2.67. The van der Waals surface area contributed by atoms with Crippen LogP contribution in [0.2, 0.25) is 0 Å². The number of piperidine rings is 1. The SMILES string of the molecule is O=C(O)C1CCCN(CCc2cccc(Br)c2)C1. The Morgan fingerprint density at radius 1 is 1.50 bits per heavy atom. The molecule has 2 rings (SSSR count). The monoisotopic (exact) mass is 311 g/mol. The first kappa shape index (κ1) is 13.6. The molecule has 1 unspecified atom stereocenters.